The molecule has 0 atom stereocenters. The molecule has 0 unspecified atom stereocenters. The van der Waals surface area contributed by atoms with E-state index in [9.17, 15) is 0 Å². The first-order valence-corrected chi connectivity index (χ1v) is 8.24. The molecule has 0 aliphatic carbocycles. The summed E-state index contributed by atoms with van der Waals surface area (Å²) in [6, 6.07) is 17.9. The maximum absolute atomic E-state index is 3.46. The Bertz CT molecular complexity index is 568. The summed E-state index contributed by atoms with van der Waals surface area (Å²) in [5.74, 6) is 0.849. The molecular weight excluding hydrogens is 254 g/mol. The Hall–Kier alpha value is -1.60. The normalized spacial score (nSPS) is 16.0. The van der Waals surface area contributed by atoms with Crippen LogP contribution in [0.1, 0.15) is 30.9 Å². The third-order valence-electron chi connectivity index (χ3n) is 4.62. The van der Waals surface area contributed by atoms with E-state index in [1.165, 1.54) is 54.6 Å². The van der Waals surface area contributed by atoms with E-state index < -0.39 is 0 Å². The van der Waals surface area contributed by atoms with E-state index in [4.69, 9.17) is 0 Å². The second-order valence-corrected chi connectivity index (χ2v) is 6.11. The number of nitrogens with one attached hydrogen (secondary N) is 1. The molecule has 1 saturated heterocycles. The monoisotopic (exact) mass is 279 g/mol. The minimum atomic E-state index is 0.849. The molecule has 2 aromatic carbocycles. The zero-order valence-electron chi connectivity index (χ0n) is 12.9. The lowest BCUT2D eigenvalue weighted by atomic mass is 9.88. The summed E-state index contributed by atoms with van der Waals surface area (Å²) in [5, 5.41) is 3.46. The summed E-state index contributed by atoms with van der Waals surface area (Å²) >= 11 is 0. The van der Waals surface area contributed by atoms with Crippen LogP contribution in [-0.4, -0.2) is 13.1 Å². The molecule has 0 aromatic heterocycles. The first-order valence-electron chi connectivity index (χ1n) is 8.24. The van der Waals surface area contributed by atoms with Crippen LogP contribution in [0.2, 0.25) is 0 Å². The van der Waals surface area contributed by atoms with Crippen molar-refractivity contribution in [3.63, 3.8) is 0 Å². The van der Waals surface area contributed by atoms with Gasteiger partial charge in [0.2, 0.25) is 0 Å². The molecule has 0 radical (unpaired) electrons. The van der Waals surface area contributed by atoms with Gasteiger partial charge in [0.1, 0.15) is 0 Å². The van der Waals surface area contributed by atoms with Crippen LogP contribution >= 0.6 is 0 Å². The predicted molar refractivity (Wildman–Crippen MR) is 90.6 cm³/mol. The number of hydrogen-bond acceptors (Lipinski definition) is 1. The van der Waals surface area contributed by atoms with Crippen LogP contribution in [0.25, 0.3) is 11.1 Å². The van der Waals surface area contributed by atoms with Crippen LogP contribution in [-0.2, 0) is 12.8 Å². The maximum atomic E-state index is 3.46. The Kier molecular flexibility index (Phi) is 4.72. The van der Waals surface area contributed by atoms with Gasteiger partial charge < -0.3 is 5.32 Å². The fourth-order valence-corrected chi connectivity index (χ4v) is 3.36. The molecule has 2 aromatic rings. The largest absolute Gasteiger partial charge is 0.317 e. The second-order valence-electron chi connectivity index (χ2n) is 6.11. The average molecular weight is 279 g/mol. The molecule has 3 rings (SSSR count). The SMILES string of the molecule is CCc1ccc(CC2CCNCC2)cc1-c1ccccc1. The van der Waals surface area contributed by atoms with Gasteiger partial charge in [-0.25, -0.2) is 0 Å². The fraction of sp³-hybridized carbons (Fsp3) is 0.400. The number of benzene rings is 2. The van der Waals surface area contributed by atoms with Crippen molar-refractivity contribution >= 4 is 0 Å². The van der Waals surface area contributed by atoms with E-state index in [0.717, 1.165) is 12.3 Å². The summed E-state index contributed by atoms with van der Waals surface area (Å²) < 4.78 is 0. The number of hydrogen-bond donors (Lipinski definition) is 1. The molecule has 1 nitrogen and oxygen atoms in total. The first kappa shape index (κ1) is 14.3. The van der Waals surface area contributed by atoms with E-state index in [1.807, 2.05) is 0 Å². The topological polar surface area (TPSA) is 12.0 Å². The molecule has 0 bridgehead atoms. The minimum Gasteiger partial charge on any atom is -0.317 e. The predicted octanol–water partition coefficient (Wildman–Crippen LogP) is 4.46. The molecule has 1 heterocycles. The van der Waals surface area contributed by atoms with Crippen molar-refractivity contribution in [2.75, 3.05) is 13.1 Å². The summed E-state index contributed by atoms with van der Waals surface area (Å²) in [6.45, 7) is 4.61. The van der Waals surface area contributed by atoms with Gasteiger partial charge in [-0.3, -0.25) is 0 Å². The lowest BCUT2D eigenvalue weighted by molar-refractivity contribution is 0.372. The number of aryl methyl sites for hydroxylation is 1. The zero-order chi connectivity index (χ0) is 14.5. The van der Waals surface area contributed by atoms with Gasteiger partial charge in [0.05, 0.1) is 0 Å². The van der Waals surface area contributed by atoms with Crippen molar-refractivity contribution in [2.24, 2.45) is 5.92 Å². The first-order chi connectivity index (χ1) is 10.4. The summed E-state index contributed by atoms with van der Waals surface area (Å²) in [6.07, 6.45) is 4.95. The van der Waals surface area contributed by atoms with Crippen molar-refractivity contribution in [1.82, 2.24) is 5.32 Å². The number of piperidine rings is 1. The van der Waals surface area contributed by atoms with Crippen LogP contribution in [0.3, 0.4) is 0 Å². The maximum Gasteiger partial charge on any atom is -0.00462 e. The van der Waals surface area contributed by atoms with Crippen LogP contribution in [0, 0.1) is 5.92 Å². The van der Waals surface area contributed by atoms with Gasteiger partial charge in [-0.2, -0.15) is 0 Å². The van der Waals surface area contributed by atoms with Gasteiger partial charge in [-0.1, -0.05) is 55.5 Å². The highest BCUT2D eigenvalue weighted by Gasteiger charge is 2.14. The summed E-state index contributed by atoms with van der Waals surface area (Å²) in [7, 11) is 0. The van der Waals surface area contributed by atoms with E-state index in [-0.39, 0.29) is 0 Å². The third-order valence-corrected chi connectivity index (χ3v) is 4.62. The lowest BCUT2D eigenvalue weighted by Crippen LogP contribution is -2.28. The summed E-state index contributed by atoms with van der Waals surface area (Å²) in [5.41, 5.74) is 5.72. The standard InChI is InChI=1S/C20H25N/c1-2-18-9-8-17(14-16-10-12-21-13-11-16)15-20(18)19-6-4-3-5-7-19/h3-9,15-16,21H,2,10-14H2,1H3. The Morgan fingerprint density at radius 1 is 1.00 bits per heavy atom. The van der Waals surface area contributed by atoms with Crippen molar-refractivity contribution in [3.8, 4) is 11.1 Å². The quantitative estimate of drug-likeness (QED) is 0.871. The average Bonchev–Trinajstić information content (AvgIpc) is 2.56. The molecule has 0 amide bonds. The van der Waals surface area contributed by atoms with Crippen molar-refractivity contribution < 1.29 is 0 Å². The molecule has 1 aliphatic heterocycles. The summed E-state index contributed by atoms with van der Waals surface area (Å²) in [4.78, 5) is 0. The highest BCUT2D eigenvalue weighted by molar-refractivity contribution is 5.68. The smallest absolute Gasteiger partial charge is 0.00462 e. The molecule has 1 N–H and O–H groups in total. The van der Waals surface area contributed by atoms with E-state index in [0.29, 0.717) is 0 Å². The Balaban J connectivity index is 1.86. The van der Waals surface area contributed by atoms with Gasteiger partial charge in [0.25, 0.3) is 0 Å². The van der Waals surface area contributed by atoms with Crippen molar-refractivity contribution in [1.29, 1.82) is 0 Å². The zero-order valence-corrected chi connectivity index (χ0v) is 12.9. The second kappa shape index (κ2) is 6.91. The number of rotatable bonds is 4. The molecule has 0 saturated carbocycles. The van der Waals surface area contributed by atoms with E-state index in [2.05, 4.69) is 60.8 Å². The van der Waals surface area contributed by atoms with E-state index in [1.54, 1.807) is 0 Å². The minimum absolute atomic E-state index is 0.849. The molecule has 1 fully saturated rings. The molecule has 1 heteroatoms. The Morgan fingerprint density at radius 2 is 1.76 bits per heavy atom. The van der Waals surface area contributed by atoms with Gasteiger partial charge in [-0.15, -0.1) is 0 Å². The Morgan fingerprint density at radius 3 is 2.48 bits per heavy atom. The van der Waals surface area contributed by atoms with Crippen LogP contribution < -0.4 is 5.32 Å². The van der Waals surface area contributed by atoms with Gasteiger partial charge in [-0.05, 0) is 66.9 Å². The van der Waals surface area contributed by atoms with Crippen molar-refractivity contribution in [3.05, 3.63) is 59.7 Å². The highest BCUT2D eigenvalue weighted by atomic mass is 14.9. The van der Waals surface area contributed by atoms with Gasteiger partial charge >= 0.3 is 0 Å². The van der Waals surface area contributed by atoms with Gasteiger partial charge in [0, 0.05) is 0 Å². The highest BCUT2D eigenvalue weighted by Crippen LogP contribution is 2.27. The molecular formula is C20H25N. The molecule has 0 spiro atoms. The fourth-order valence-electron chi connectivity index (χ4n) is 3.36. The van der Waals surface area contributed by atoms with Gasteiger partial charge in [0.15, 0.2) is 0 Å². The van der Waals surface area contributed by atoms with E-state index >= 15 is 0 Å². The molecule has 1 aliphatic rings. The molecule has 110 valence electrons. The molecule has 21 heavy (non-hydrogen) atoms. The van der Waals surface area contributed by atoms with Crippen LogP contribution in [0.5, 0.6) is 0 Å². The lowest BCUT2D eigenvalue weighted by Gasteiger charge is -2.23. The van der Waals surface area contributed by atoms with Crippen molar-refractivity contribution in [2.45, 2.75) is 32.6 Å². The van der Waals surface area contributed by atoms with Crippen LogP contribution in [0.4, 0.5) is 0 Å². The van der Waals surface area contributed by atoms with Crippen LogP contribution in [0.15, 0.2) is 48.5 Å². The Labute approximate surface area is 128 Å². The third kappa shape index (κ3) is 3.54.